The molecule has 3 aromatic carbocycles. The number of nitrogens with two attached hydrogens (primary N) is 1. The Morgan fingerprint density at radius 3 is 2.08 bits per heavy atom. The van der Waals surface area contributed by atoms with Crippen molar-refractivity contribution in [3.8, 4) is 23.5 Å². The summed E-state index contributed by atoms with van der Waals surface area (Å²) in [5.74, 6) is 2.75. The van der Waals surface area contributed by atoms with Crippen molar-refractivity contribution in [2.45, 2.75) is 19.3 Å². The van der Waals surface area contributed by atoms with Crippen LogP contribution in [0.1, 0.15) is 41.7 Å². The van der Waals surface area contributed by atoms with Crippen molar-refractivity contribution in [2.75, 3.05) is 5.73 Å². The van der Waals surface area contributed by atoms with Crippen molar-refractivity contribution in [2.24, 2.45) is 0 Å². The summed E-state index contributed by atoms with van der Waals surface area (Å²) in [5, 5.41) is 0. The Hall–Kier alpha value is -3.24. The van der Waals surface area contributed by atoms with Gasteiger partial charge in [0.2, 0.25) is 0 Å². The average molecular weight is 335 g/mol. The van der Waals surface area contributed by atoms with Crippen LogP contribution in [0.15, 0.2) is 60.7 Å². The zero-order valence-electron chi connectivity index (χ0n) is 15.1. The summed E-state index contributed by atoms with van der Waals surface area (Å²) in [7, 11) is 0. The lowest BCUT2D eigenvalue weighted by molar-refractivity contribution is 0.660. The fourth-order valence-corrected chi connectivity index (χ4v) is 3.75. The zero-order valence-corrected chi connectivity index (χ0v) is 15.1. The first-order chi connectivity index (χ1) is 12.5. The third-order valence-electron chi connectivity index (χ3n) is 5.27. The van der Waals surface area contributed by atoms with E-state index in [1.165, 1.54) is 27.8 Å². The molecule has 1 nitrogen and oxygen atoms in total. The molecule has 3 aromatic rings. The summed E-state index contributed by atoms with van der Waals surface area (Å²) in [6.07, 6.45) is 9.87. The summed E-state index contributed by atoms with van der Waals surface area (Å²) < 4.78 is 0. The summed E-state index contributed by atoms with van der Waals surface area (Å²) >= 11 is 0. The van der Waals surface area contributed by atoms with Gasteiger partial charge in [-0.05, 0) is 57.6 Å². The van der Waals surface area contributed by atoms with E-state index in [9.17, 15) is 0 Å². The number of hydrogen-bond acceptors (Lipinski definition) is 1. The Morgan fingerprint density at radius 1 is 0.808 bits per heavy atom. The van der Waals surface area contributed by atoms with Crippen LogP contribution in [0.25, 0.3) is 23.3 Å². The monoisotopic (exact) mass is 335 g/mol. The number of terminal acetylenes is 1. The van der Waals surface area contributed by atoms with Gasteiger partial charge in [0.25, 0.3) is 0 Å². The van der Waals surface area contributed by atoms with Crippen LogP contribution in [0.5, 0.6) is 0 Å². The Balaban J connectivity index is 1.73. The Bertz CT molecular complexity index is 1060. The smallest absolute Gasteiger partial charge is 0.0314 e. The molecule has 0 spiro atoms. The van der Waals surface area contributed by atoms with E-state index in [0.29, 0.717) is 0 Å². The van der Waals surface area contributed by atoms with Gasteiger partial charge in [0.15, 0.2) is 0 Å². The van der Waals surface area contributed by atoms with Crippen molar-refractivity contribution < 1.29 is 0 Å². The number of benzene rings is 3. The second kappa shape index (κ2) is 5.93. The van der Waals surface area contributed by atoms with Crippen LogP contribution in [0, 0.1) is 12.3 Å². The quantitative estimate of drug-likeness (QED) is 0.361. The molecular weight excluding hydrogens is 314 g/mol. The summed E-state index contributed by atoms with van der Waals surface area (Å²) in [6, 6.07) is 20.9. The highest BCUT2D eigenvalue weighted by Gasteiger charge is 2.35. The molecule has 0 unspecified atom stereocenters. The second-order valence-electron chi connectivity index (χ2n) is 7.33. The molecule has 2 N–H and O–H groups in total. The summed E-state index contributed by atoms with van der Waals surface area (Å²) in [6.45, 7) is 4.54. The highest BCUT2D eigenvalue weighted by molar-refractivity contribution is 5.83. The third-order valence-corrected chi connectivity index (χ3v) is 5.27. The standard InChI is InChI=1S/C25H21N/c1-4-17-9-13-21-22-14-10-19(6-5-18-7-11-20(26)12-8-18)16-24(22)25(2,3)23(21)15-17/h1,5-16H,26H2,2-3H3/b6-5+. The van der Waals surface area contributed by atoms with Crippen molar-refractivity contribution in [3.05, 3.63) is 88.5 Å². The molecule has 0 aliphatic heterocycles. The third kappa shape index (κ3) is 2.61. The predicted octanol–water partition coefficient (Wildman–Crippen LogP) is 5.73. The van der Waals surface area contributed by atoms with Gasteiger partial charge in [0.1, 0.15) is 0 Å². The van der Waals surface area contributed by atoms with Crippen LogP contribution in [0.3, 0.4) is 0 Å². The van der Waals surface area contributed by atoms with Crippen molar-refractivity contribution in [1.82, 2.24) is 0 Å². The van der Waals surface area contributed by atoms with Crippen molar-refractivity contribution in [1.29, 1.82) is 0 Å². The van der Waals surface area contributed by atoms with Gasteiger partial charge in [-0.15, -0.1) is 6.42 Å². The normalized spacial score (nSPS) is 14.0. The van der Waals surface area contributed by atoms with E-state index in [4.69, 9.17) is 12.2 Å². The first kappa shape index (κ1) is 16.2. The zero-order chi connectivity index (χ0) is 18.3. The van der Waals surface area contributed by atoms with E-state index in [1.807, 2.05) is 30.3 Å². The Morgan fingerprint density at radius 2 is 1.38 bits per heavy atom. The summed E-state index contributed by atoms with van der Waals surface area (Å²) in [5.41, 5.74) is 15.0. The van der Waals surface area contributed by atoms with E-state index in [0.717, 1.165) is 16.8 Å². The molecule has 0 saturated carbocycles. The van der Waals surface area contributed by atoms with Gasteiger partial charge < -0.3 is 5.73 Å². The van der Waals surface area contributed by atoms with Gasteiger partial charge in [-0.3, -0.25) is 0 Å². The van der Waals surface area contributed by atoms with Crippen molar-refractivity contribution in [3.63, 3.8) is 0 Å². The van der Waals surface area contributed by atoms with Crippen LogP contribution >= 0.6 is 0 Å². The lowest BCUT2D eigenvalue weighted by atomic mass is 9.81. The maximum atomic E-state index is 5.75. The molecule has 1 aliphatic carbocycles. The first-order valence-corrected chi connectivity index (χ1v) is 8.79. The van der Waals surface area contributed by atoms with Gasteiger partial charge in [-0.1, -0.05) is 68.3 Å². The SMILES string of the molecule is C#Cc1ccc2c(c1)C(C)(C)c1cc(/C=C/c3ccc(N)cc3)ccc1-2. The maximum Gasteiger partial charge on any atom is 0.0314 e. The lowest BCUT2D eigenvalue weighted by Gasteiger charge is -2.22. The van der Waals surface area contributed by atoms with E-state index >= 15 is 0 Å². The molecule has 1 heteroatoms. The van der Waals surface area contributed by atoms with Crippen LogP contribution in [-0.2, 0) is 5.41 Å². The largest absolute Gasteiger partial charge is 0.399 e. The highest BCUT2D eigenvalue weighted by atomic mass is 14.5. The molecule has 0 amide bonds. The molecular formula is C25H21N. The fourth-order valence-electron chi connectivity index (χ4n) is 3.75. The molecule has 1 aliphatic rings. The number of fused-ring (bicyclic) bond motifs is 3. The molecule has 26 heavy (non-hydrogen) atoms. The number of hydrogen-bond donors (Lipinski definition) is 1. The molecule has 0 radical (unpaired) electrons. The van der Waals surface area contributed by atoms with Crippen LogP contribution in [-0.4, -0.2) is 0 Å². The fraction of sp³-hybridized carbons (Fsp3) is 0.120. The lowest BCUT2D eigenvalue weighted by Crippen LogP contribution is -2.15. The highest BCUT2D eigenvalue weighted by Crippen LogP contribution is 2.49. The minimum atomic E-state index is -0.0530. The van der Waals surface area contributed by atoms with Crippen LogP contribution in [0.2, 0.25) is 0 Å². The van der Waals surface area contributed by atoms with Gasteiger partial charge in [-0.2, -0.15) is 0 Å². The van der Waals surface area contributed by atoms with E-state index in [1.54, 1.807) is 0 Å². The number of nitrogen functional groups attached to an aromatic ring is 1. The molecule has 0 bridgehead atoms. The number of rotatable bonds is 2. The molecule has 0 aromatic heterocycles. The topological polar surface area (TPSA) is 26.0 Å². The van der Waals surface area contributed by atoms with E-state index in [-0.39, 0.29) is 5.41 Å². The molecule has 4 rings (SSSR count). The Labute approximate surface area is 155 Å². The predicted molar refractivity (Wildman–Crippen MR) is 112 cm³/mol. The molecule has 0 atom stereocenters. The maximum absolute atomic E-state index is 5.75. The van der Waals surface area contributed by atoms with Gasteiger partial charge in [-0.25, -0.2) is 0 Å². The molecule has 0 saturated heterocycles. The molecule has 0 heterocycles. The number of anilines is 1. The molecule has 0 fully saturated rings. The van der Waals surface area contributed by atoms with E-state index in [2.05, 4.69) is 62.3 Å². The first-order valence-electron chi connectivity index (χ1n) is 8.79. The van der Waals surface area contributed by atoms with E-state index < -0.39 is 0 Å². The van der Waals surface area contributed by atoms with Crippen molar-refractivity contribution >= 4 is 17.8 Å². The van der Waals surface area contributed by atoms with Gasteiger partial charge >= 0.3 is 0 Å². The van der Waals surface area contributed by atoms with Gasteiger partial charge in [0.05, 0.1) is 0 Å². The minimum Gasteiger partial charge on any atom is -0.399 e. The summed E-state index contributed by atoms with van der Waals surface area (Å²) in [4.78, 5) is 0. The molecule has 126 valence electrons. The van der Waals surface area contributed by atoms with Crippen LogP contribution < -0.4 is 5.73 Å². The average Bonchev–Trinajstić information content (AvgIpc) is 2.88. The Kier molecular flexibility index (Phi) is 3.71. The van der Waals surface area contributed by atoms with Crippen LogP contribution in [0.4, 0.5) is 5.69 Å². The second-order valence-corrected chi connectivity index (χ2v) is 7.33. The minimum absolute atomic E-state index is 0.0530. The van der Waals surface area contributed by atoms with Gasteiger partial charge in [0, 0.05) is 16.7 Å².